The number of nitrogens with two attached hydrogens (primary N) is 1. The van der Waals surface area contributed by atoms with Gasteiger partial charge in [0.05, 0.1) is 11.5 Å². The monoisotopic (exact) mass is 294 g/mol. The molecule has 0 bridgehead atoms. The highest BCUT2D eigenvalue weighted by molar-refractivity contribution is 7.07. The van der Waals surface area contributed by atoms with E-state index in [1.54, 1.807) is 5.38 Å². The number of carbonyl (C=O) groups is 1. The van der Waals surface area contributed by atoms with Crippen molar-refractivity contribution >= 4 is 28.6 Å². The van der Waals surface area contributed by atoms with Gasteiger partial charge in [-0.2, -0.15) is 0 Å². The van der Waals surface area contributed by atoms with E-state index in [0.29, 0.717) is 5.69 Å². The van der Waals surface area contributed by atoms with Crippen LogP contribution in [0, 0.1) is 10.1 Å². The zero-order valence-electron chi connectivity index (χ0n) is 10.1. The molecule has 0 radical (unpaired) electrons. The molecule has 0 fully saturated rings. The van der Waals surface area contributed by atoms with Crippen LogP contribution in [0.3, 0.4) is 0 Å². The maximum absolute atomic E-state index is 11.1. The summed E-state index contributed by atoms with van der Waals surface area (Å²) in [5.74, 6) is -0.674. The van der Waals surface area contributed by atoms with Gasteiger partial charge < -0.3 is 16.0 Å². The number of aromatic nitrogens is 1. The maximum Gasteiger partial charge on any atom is 0.304 e. The van der Waals surface area contributed by atoms with Gasteiger partial charge >= 0.3 is 4.87 Å². The summed E-state index contributed by atoms with van der Waals surface area (Å²) >= 11 is 0.999. The molecule has 2 aromatic rings. The van der Waals surface area contributed by atoms with Gasteiger partial charge in [-0.1, -0.05) is 11.3 Å². The van der Waals surface area contributed by atoms with Gasteiger partial charge in [0.1, 0.15) is 5.69 Å². The van der Waals surface area contributed by atoms with Crippen LogP contribution >= 0.6 is 11.3 Å². The molecule has 0 spiro atoms. The molecule has 104 valence electrons. The molecule has 1 aromatic heterocycles. The summed E-state index contributed by atoms with van der Waals surface area (Å²) in [6.07, 6.45) is 0. The number of anilines is 1. The fourth-order valence-corrected chi connectivity index (χ4v) is 2.16. The van der Waals surface area contributed by atoms with E-state index < -0.39 is 10.8 Å². The topological polar surface area (TPSA) is 131 Å². The second kappa shape index (κ2) is 5.53. The summed E-state index contributed by atoms with van der Waals surface area (Å²) in [6, 6.07) is 3.81. The molecular weight excluding hydrogens is 284 g/mol. The van der Waals surface area contributed by atoms with Gasteiger partial charge in [0.25, 0.3) is 5.69 Å². The molecule has 0 aliphatic carbocycles. The van der Waals surface area contributed by atoms with Crippen molar-refractivity contribution in [2.24, 2.45) is 5.73 Å². The Morgan fingerprint density at radius 2 is 2.25 bits per heavy atom. The summed E-state index contributed by atoms with van der Waals surface area (Å²) in [5.41, 5.74) is 5.89. The van der Waals surface area contributed by atoms with Crippen molar-refractivity contribution in [2.75, 3.05) is 5.32 Å². The quantitative estimate of drug-likeness (QED) is 0.560. The van der Waals surface area contributed by atoms with Crippen LogP contribution in [0.5, 0.6) is 0 Å². The highest BCUT2D eigenvalue weighted by Gasteiger charge is 2.15. The summed E-state index contributed by atoms with van der Waals surface area (Å²) in [6.45, 7) is 0.196. The van der Waals surface area contributed by atoms with Crippen LogP contribution < -0.4 is 15.9 Å². The lowest BCUT2D eigenvalue weighted by Gasteiger charge is -2.07. The molecule has 0 aliphatic heterocycles. The van der Waals surface area contributed by atoms with Crippen molar-refractivity contribution in [1.29, 1.82) is 0 Å². The first kappa shape index (κ1) is 13.7. The number of carbonyl (C=O) groups excluding carboxylic acids is 1. The maximum atomic E-state index is 11.1. The smallest absolute Gasteiger partial charge is 0.304 e. The Morgan fingerprint density at radius 1 is 1.50 bits per heavy atom. The Balaban J connectivity index is 2.27. The third kappa shape index (κ3) is 3.01. The first-order chi connectivity index (χ1) is 9.47. The fraction of sp³-hybridized carbons (Fsp3) is 0.0909. The number of nitrogens with one attached hydrogen (secondary N) is 2. The minimum absolute atomic E-state index is 0.164. The Morgan fingerprint density at radius 3 is 2.80 bits per heavy atom. The molecule has 9 heteroatoms. The lowest BCUT2D eigenvalue weighted by molar-refractivity contribution is -0.384. The van der Waals surface area contributed by atoms with E-state index in [2.05, 4.69) is 10.3 Å². The predicted molar refractivity (Wildman–Crippen MR) is 73.9 cm³/mol. The minimum atomic E-state index is -0.674. The third-order valence-corrected chi connectivity index (χ3v) is 3.24. The number of aromatic amines is 1. The number of nitrogens with zero attached hydrogens (tertiary/aromatic N) is 1. The fourth-order valence-electron chi connectivity index (χ4n) is 1.58. The molecule has 0 atom stereocenters. The van der Waals surface area contributed by atoms with E-state index in [1.807, 2.05) is 0 Å². The number of rotatable bonds is 5. The molecular formula is C11H10N4O4S. The van der Waals surface area contributed by atoms with Crippen LogP contribution in [0.2, 0.25) is 0 Å². The average molecular weight is 294 g/mol. The van der Waals surface area contributed by atoms with Crippen molar-refractivity contribution < 1.29 is 9.72 Å². The number of thiazole rings is 1. The van der Waals surface area contributed by atoms with Gasteiger partial charge in [-0.3, -0.25) is 19.7 Å². The van der Waals surface area contributed by atoms with Gasteiger partial charge in [0, 0.05) is 22.7 Å². The SMILES string of the molecule is NC(=O)c1ccc([N+](=O)[O-])c(NCc2csc(=O)[nH]2)c1. The molecule has 0 saturated carbocycles. The molecule has 1 heterocycles. The number of amides is 1. The number of H-pyrrole nitrogens is 1. The number of nitro groups is 1. The van der Waals surface area contributed by atoms with Crippen LogP contribution in [0.25, 0.3) is 0 Å². The molecule has 2 rings (SSSR count). The number of hydrogen-bond donors (Lipinski definition) is 3. The average Bonchev–Trinajstić information content (AvgIpc) is 2.81. The van der Waals surface area contributed by atoms with Crippen molar-refractivity contribution in [1.82, 2.24) is 4.98 Å². The highest BCUT2D eigenvalue weighted by Crippen LogP contribution is 2.25. The molecule has 1 amide bonds. The molecule has 4 N–H and O–H groups in total. The Kier molecular flexibility index (Phi) is 3.80. The molecule has 8 nitrogen and oxygen atoms in total. The normalized spacial score (nSPS) is 10.2. The van der Waals surface area contributed by atoms with Crippen LogP contribution in [0.15, 0.2) is 28.4 Å². The summed E-state index contributed by atoms with van der Waals surface area (Å²) in [5, 5.41) is 15.3. The number of nitro benzene ring substituents is 1. The predicted octanol–water partition coefficient (Wildman–Crippen LogP) is 1.06. The third-order valence-electron chi connectivity index (χ3n) is 2.52. The van der Waals surface area contributed by atoms with E-state index in [-0.39, 0.29) is 28.4 Å². The standard InChI is InChI=1S/C11H10N4O4S/c12-10(16)6-1-2-9(15(18)19)8(3-6)13-4-7-5-20-11(17)14-7/h1-3,5,13H,4H2,(H2,12,16)(H,14,17). The van der Waals surface area contributed by atoms with Gasteiger partial charge in [-0.25, -0.2) is 0 Å². The van der Waals surface area contributed by atoms with E-state index in [0.717, 1.165) is 11.3 Å². The number of primary amides is 1. The largest absolute Gasteiger partial charge is 0.374 e. The second-order valence-corrected chi connectivity index (χ2v) is 4.72. The Labute approximate surface area is 116 Å². The molecule has 1 aromatic carbocycles. The van der Waals surface area contributed by atoms with E-state index >= 15 is 0 Å². The van der Waals surface area contributed by atoms with E-state index in [9.17, 15) is 19.7 Å². The van der Waals surface area contributed by atoms with Crippen molar-refractivity contribution in [2.45, 2.75) is 6.54 Å². The van der Waals surface area contributed by atoms with Gasteiger partial charge in [-0.15, -0.1) is 0 Å². The summed E-state index contributed by atoms with van der Waals surface area (Å²) < 4.78 is 0. The zero-order chi connectivity index (χ0) is 14.7. The lowest BCUT2D eigenvalue weighted by atomic mass is 10.1. The van der Waals surface area contributed by atoms with Crippen molar-refractivity contribution in [3.63, 3.8) is 0 Å². The Bertz CT molecular complexity index is 721. The first-order valence-electron chi connectivity index (χ1n) is 5.46. The summed E-state index contributed by atoms with van der Waals surface area (Å²) in [4.78, 5) is 34.8. The van der Waals surface area contributed by atoms with Gasteiger partial charge in [-0.05, 0) is 12.1 Å². The number of hydrogen-bond acceptors (Lipinski definition) is 6. The highest BCUT2D eigenvalue weighted by atomic mass is 32.1. The minimum Gasteiger partial charge on any atom is -0.374 e. The van der Waals surface area contributed by atoms with Gasteiger partial charge in [0.2, 0.25) is 5.91 Å². The van der Waals surface area contributed by atoms with E-state index in [4.69, 9.17) is 5.73 Å². The van der Waals surface area contributed by atoms with Gasteiger partial charge in [0.15, 0.2) is 0 Å². The van der Waals surface area contributed by atoms with Crippen molar-refractivity contribution in [3.8, 4) is 0 Å². The van der Waals surface area contributed by atoms with Crippen LogP contribution in [0.1, 0.15) is 16.1 Å². The lowest BCUT2D eigenvalue weighted by Crippen LogP contribution is -2.12. The van der Waals surface area contributed by atoms with Crippen LogP contribution in [0.4, 0.5) is 11.4 Å². The van der Waals surface area contributed by atoms with Crippen LogP contribution in [-0.2, 0) is 6.54 Å². The number of benzene rings is 1. The van der Waals surface area contributed by atoms with Crippen LogP contribution in [-0.4, -0.2) is 15.8 Å². The van der Waals surface area contributed by atoms with Crippen molar-refractivity contribution in [3.05, 3.63) is 54.6 Å². The zero-order valence-corrected chi connectivity index (χ0v) is 10.9. The van der Waals surface area contributed by atoms with E-state index in [1.165, 1.54) is 18.2 Å². The molecule has 0 aliphatic rings. The first-order valence-corrected chi connectivity index (χ1v) is 6.34. The molecule has 0 unspecified atom stereocenters. The summed E-state index contributed by atoms with van der Waals surface area (Å²) in [7, 11) is 0. The molecule has 20 heavy (non-hydrogen) atoms. The Hall–Kier alpha value is -2.68. The molecule has 0 saturated heterocycles. The second-order valence-electron chi connectivity index (χ2n) is 3.88.